The number of carbonyl (C=O) groups is 3. The van der Waals surface area contributed by atoms with Crippen molar-refractivity contribution in [2.45, 2.75) is 50.9 Å². The summed E-state index contributed by atoms with van der Waals surface area (Å²) < 4.78 is 61.9. The van der Waals surface area contributed by atoms with E-state index >= 15 is 0 Å². The van der Waals surface area contributed by atoms with Crippen molar-refractivity contribution < 1.29 is 80.5 Å². The molecule has 0 saturated carbocycles. The summed E-state index contributed by atoms with van der Waals surface area (Å²) in [4.78, 5) is 86.3. The summed E-state index contributed by atoms with van der Waals surface area (Å²) in [5, 5.41) is 25.9. The van der Waals surface area contributed by atoms with Crippen LogP contribution in [0.5, 0.6) is 0 Å². The molecule has 0 spiro atoms. The molecule has 2 aromatic heterocycles. The second-order valence-electron chi connectivity index (χ2n) is 11.4. The van der Waals surface area contributed by atoms with Crippen LogP contribution in [0.25, 0.3) is 11.2 Å². The number of amides is 2. The summed E-state index contributed by atoms with van der Waals surface area (Å²) in [6, 6.07) is 0. The quantitative estimate of drug-likeness (QED) is 0.0432. The number of thioether (sulfide) groups is 1. The summed E-state index contributed by atoms with van der Waals surface area (Å²) in [6.07, 6.45) is -5.79. The maximum absolute atomic E-state index is 12.6. The van der Waals surface area contributed by atoms with E-state index in [-0.39, 0.29) is 41.6 Å². The van der Waals surface area contributed by atoms with Gasteiger partial charge >= 0.3 is 23.5 Å². The van der Waals surface area contributed by atoms with Crippen molar-refractivity contribution >= 4 is 69.1 Å². The van der Waals surface area contributed by atoms with Crippen LogP contribution in [0, 0.1) is 5.41 Å². The molecular weight excluding hydrogens is 783 g/mol. The molecule has 1 fully saturated rings. The van der Waals surface area contributed by atoms with Gasteiger partial charge in [-0.2, -0.15) is 4.31 Å². The molecule has 10 N–H and O–H groups in total. The molecule has 52 heavy (non-hydrogen) atoms. The highest BCUT2D eigenvalue weighted by Gasteiger charge is 2.50. The van der Waals surface area contributed by atoms with Gasteiger partial charge in [-0.1, -0.05) is 32.2 Å². The molecule has 0 aliphatic carbocycles. The van der Waals surface area contributed by atoms with Crippen LogP contribution in [-0.2, 0) is 50.7 Å². The van der Waals surface area contributed by atoms with Gasteiger partial charge in [0.05, 0.1) is 19.5 Å². The minimum Gasteiger partial charge on any atom is -0.386 e. The van der Waals surface area contributed by atoms with Gasteiger partial charge in [-0.15, -0.1) is 0 Å². The number of hydrogen-bond donors (Lipinski definition) is 9. The Balaban J connectivity index is 1.54. The largest absolute Gasteiger partial charge is 0.481 e. The maximum Gasteiger partial charge on any atom is 0.481 e. The molecule has 3 heterocycles. The van der Waals surface area contributed by atoms with E-state index in [0.717, 1.165) is 35.1 Å². The Hall–Kier alpha value is -2.70. The Labute approximate surface area is 298 Å². The van der Waals surface area contributed by atoms with E-state index in [1.165, 1.54) is 13.8 Å². The number of hydrogen-bond acceptors (Lipinski definition) is 18. The van der Waals surface area contributed by atoms with Gasteiger partial charge in [0.15, 0.2) is 17.7 Å². The van der Waals surface area contributed by atoms with Crippen molar-refractivity contribution in [3.63, 3.8) is 0 Å². The van der Waals surface area contributed by atoms with Crippen molar-refractivity contribution in [3.05, 3.63) is 25.3 Å². The molecule has 1 aliphatic rings. The molecule has 2 aromatic rings. The number of phosphoric acid groups is 3. The highest BCUT2D eigenvalue weighted by Crippen LogP contribution is 2.61. The lowest BCUT2D eigenvalue weighted by Gasteiger charge is -2.30. The van der Waals surface area contributed by atoms with Crippen molar-refractivity contribution in [2.75, 3.05) is 37.8 Å². The van der Waals surface area contributed by atoms with E-state index in [0.29, 0.717) is 5.75 Å². The fourth-order valence-electron chi connectivity index (χ4n) is 4.34. The van der Waals surface area contributed by atoms with Crippen LogP contribution in [0.2, 0.25) is 0 Å². The second kappa shape index (κ2) is 18.1. The van der Waals surface area contributed by atoms with E-state index < -0.39 is 84.6 Å². The number of carbonyl (C=O) groups excluding carboxylic acids is 3. The smallest absolute Gasteiger partial charge is 0.386 e. The monoisotopic (exact) mass is 821 g/mol. The first-order valence-electron chi connectivity index (χ1n) is 14.7. The minimum absolute atomic E-state index is 0.0290. The molecule has 292 valence electrons. The van der Waals surface area contributed by atoms with Gasteiger partial charge in [0.2, 0.25) is 16.9 Å². The van der Waals surface area contributed by atoms with Gasteiger partial charge in [0.25, 0.3) is 0 Å². The predicted molar refractivity (Wildman–Crippen MR) is 177 cm³/mol. The Morgan fingerprint density at radius 3 is 2.44 bits per heavy atom. The number of imidazole rings is 1. The number of fused-ring (bicyclic) bond motifs is 1. The lowest BCUT2D eigenvalue weighted by atomic mass is 9.87. The SMILES string of the molecule is C=CC(=O)SCCNC(=O)CCNC(=O)C(O)C(C)(C)COP(=O)(O)OP(=O)(O)OC[C@@H]1O[C@H](n2cnc3c(N)ncnc32)[C@@H](O)[C@H]1OP(=O)(O)O. The fourth-order valence-corrected chi connectivity index (χ4v) is 7.69. The number of nitrogens with zero attached hydrogens (tertiary/aromatic N) is 4. The molecule has 24 nitrogen and oxygen atoms in total. The zero-order valence-electron chi connectivity index (χ0n) is 27.4. The number of aliphatic hydroxyl groups excluding tert-OH is 2. The van der Waals surface area contributed by atoms with Crippen LogP contribution in [0.1, 0.15) is 26.5 Å². The van der Waals surface area contributed by atoms with E-state index in [1.807, 2.05) is 0 Å². The fraction of sp³-hybridized carbons (Fsp3) is 0.583. The molecule has 0 radical (unpaired) electrons. The second-order valence-corrected chi connectivity index (χ2v) is 16.8. The highest BCUT2D eigenvalue weighted by molar-refractivity contribution is 8.14. The molecule has 0 bridgehead atoms. The van der Waals surface area contributed by atoms with Crippen molar-refractivity contribution in [1.29, 1.82) is 0 Å². The minimum atomic E-state index is -5.56. The van der Waals surface area contributed by atoms with Gasteiger partial charge in [0.1, 0.15) is 36.3 Å². The van der Waals surface area contributed by atoms with Crippen LogP contribution in [0.15, 0.2) is 25.3 Å². The molecule has 1 aliphatic heterocycles. The summed E-state index contributed by atoms with van der Waals surface area (Å²) >= 11 is 0.952. The molecule has 3 unspecified atom stereocenters. The normalized spacial score (nSPS) is 22.3. The average molecular weight is 822 g/mol. The summed E-state index contributed by atoms with van der Waals surface area (Å²) in [6.45, 7) is 3.77. The third-order valence-corrected chi connectivity index (χ3v) is 10.9. The number of aromatic nitrogens is 4. The number of phosphoric ester groups is 3. The van der Waals surface area contributed by atoms with E-state index in [2.05, 4.69) is 41.0 Å². The molecule has 0 aromatic carbocycles. The van der Waals surface area contributed by atoms with Crippen LogP contribution < -0.4 is 16.4 Å². The van der Waals surface area contributed by atoms with Gasteiger partial charge in [-0.25, -0.2) is 28.6 Å². The zero-order chi connectivity index (χ0) is 39.1. The lowest BCUT2D eigenvalue weighted by molar-refractivity contribution is -0.137. The van der Waals surface area contributed by atoms with Crippen LogP contribution >= 0.6 is 35.2 Å². The first kappa shape index (κ1) is 43.7. The van der Waals surface area contributed by atoms with Crippen molar-refractivity contribution in [1.82, 2.24) is 30.2 Å². The van der Waals surface area contributed by atoms with E-state index in [9.17, 15) is 57.9 Å². The van der Waals surface area contributed by atoms with Crippen molar-refractivity contribution in [2.24, 2.45) is 5.41 Å². The van der Waals surface area contributed by atoms with Gasteiger partial charge in [0, 0.05) is 30.7 Å². The number of nitrogens with two attached hydrogens (primary N) is 1. The average Bonchev–Trinajstić information content (AvgIpc) is 3.60. The molecule has 28 heteroatoms. The number of anilines is 1. The third kappa shape index (κ3) is 12.7. The number of nitrogens with one attached hydrogen (secondary N) is 2. The Kier molecular flexibility index (Phi) is 15.2. The summed E-state index contributed by atoms with van der Waals surface area (Å²) in [7, 11) is -16.4. The molecular formula is C24H38N7O17P3S. The van der Waals surface area contributed by atoms with Crippen molar-refractivity contribution in [3.8, 4) is 0 Å². The first-order chi connectivity index (χ1) is 24.1. The predicted octanol–water partition coefficient (Wildman–Crippen LogP) is -1.15. The van der Waals surface area contributed by atoms with Gasteiger partial charge < -0.3 is 50.9 Å². The molecule has 3 rings (SSSR count). The number of aliphatic hydroxyl groups is 2. The molecule has 7 atom stereocenters. The highest BCUT2D eigenvalue weighted by atomic mass is 32.2. The van der Waals surface area contributed by atoms with Gasteiger partial charge in [-0.05, 0) is 6.08 Å². The number of ether oxygens (including phenoxy) is 1. The summed E-state index contributed by atoms with van der Waals surface area (Å²) in [5.74, 6) is -1.18. The van der Waals surface area contributed by atoms with Crippen LogP contribution in [0.3, 0.4) is 0 Å². The molecule has 1 saturated heterocycles. The Bertz CT molecular complexity index is 1760. The lowest BCUT2D eigenvalue weighted by Crippen LogP contribution is -2.46. The summed E-state index contributed by atoms with van der Waals surface area (Å²) in [5.41, 5.74) is 4.25. The zero-order valence-corrected chi connectivity index (χ0v) is 30.9. The van der Waals surface area contributed by atoms with Gasteiger partial charge in [-0.3, -0.25) is 32.5 Å². The number of rotatable bonds is 20. The Morgan fingerprint density at radius 1 is 1.12 bits per heavy atom. The third-order valence-electron chi connectivity index (χ3n) is 6.91. The standard InChI is InChI=1S/C24H38N7O17P3S/c1-4-15(33)52-8-7-26-14(32)5-6-27-22(36)19(35)24(2,3)10-45-51(42,43)48-50(40,41)44-9-13-18(47-49(37,38)39)17(34)23(46-13)31-12-30-16-20(25)28-11-29-21(16)31/h4,11-13,17-19,23,34-35H,1,5-10H2,2-3H3,(H,26,32)(H,27,36)(H,40,41)(H,42,43)(H2,25,28,29)(H2,37,38,39)/t13-,17-,18-,19?,23-/m0/s1. The van der Waals surface area contributed by atoms with E-state index in [4.69, 9.17) is 19.5 Å². The first-order valence-corrected chi connectivity index (χ1v) is 20.2. The van der Waals surface area contributed by atoms with Crippen LogP contribution in [-0.4, -0.2) is 123 Å². The van der Waals surface area contributed by atoms with Crippen LogP contribution in [0.4, 0.5) is 5.82 Å². The topological polar surface area (TPSA) is 364 Å². The van der Waals surface area contributed by atoms with E-state index in [1.54, 1.807) is 0 Å². The number of nitrogen functional groups attached to an aromatic ring is 1. The molecule has 2 amide bonds. The Morgan fingerprint density at radius 2 is 1.79 bits per heavy atom. The maximum atomic E-state index is 12.6.